The highest BCUT2D eigenvalue weighted by Gasteiger charge is 2.45. The van der Waals surface area contributed by atoms with Gasteiger partial charge in [0.05, 0.1) is 12.0 Å². The molecular formula is C32H42ClF2N3O2. The molecule has 218 valence electrons. The van der Waals surface area contributed by atoms with Crippen molar-refractivity contribution in [3.05, 3.63) is 69.2 Å². The number of halogens is 3. The van der Waals surface area contributed by atoms with Gasteiger partial charge in [0, 0.05) is 55.6 Å². The predicted molar refractivity (Wildman–Crippen MR) is 156 cm³/mol. The van der Waals surface area contributed by atoms with Gasteiger partial charge in [0.25, 0.3) is 0 Å². The Morgan fingerprint density at radius 2 is 1.75 bits per heavy atom. The van der Waals surface area contributed by atoms with Crippen LogP contribution in [0.3, 0.4) is 0 Å². The summed E-state index contributed by atoms with van der Waals surface area (Å²) in [6, 6.07) is 7.70. The smallest absolute Gasteiger partial charge is 0.227 e. The van der Waals surface area contributed by atoms with E-state index in [1.807, 2.05) is 17.9 Å². The van der Waals surface area contributed by atoms with Crippen molar-refractivity contribution in [1.29, 1.82) is 0 Å². The Bertz CT molecular complexity index is 1250. The number of benzene rings is 2. The van der Waals surface area contributed by atoms with Gasteiger partial charge in [-0.05, 0) is 87.3 Å². The van der Waals surface area contributed by atoms with Gasteiger partial charge in [0.1, 0.15) is 11.6 Å². The molecule has 5 nitrogen and oxygen atoms in total. The minimum absolute atomic E-state index is 0.0331. The average molecular weight is 574 g/mol. The number of aryl methyl sites for hydroxylation is 1. The number of carbonyl (C=O) groups excluding carboxylic acids is 2. The molecule has 0 radical (unpaired) electrons. The van der Waals surface area contributed by atoms with Crippen LogP contribution in [0, 0.1) is 24.5 Å². The van der Waals surface area contributed by atoms with Crippen LogP contribution in [0.2, 0.25) is 5.02 Å². The number of amides is 2. The number of rotatable bonds is 6. The van der Waals surface area contributed by atoms with E-state index < -0.39 is 17.6 Å². The van der Waals surface area contributed by atoms with Crippen LogP contribution in [-0.4, -0.2) is 53.3 Å². The number of hydrogen-bond acceptors (Lipinski definition) is 3. The fourth-order valence-electron chi connectivity index (χ4n) is 6.38. The Hall–Kier alpha value is -2.51. The van der Waals surface area contributed by atoms with Crippen LogP contribution in [0.15, 0.2) is 30.3 Å². The number of hydrogen-bond donors (Lipinski definition) is 1. The first-order valence-electron chi connectivity index (χ1n) is 14.4. The Kier molecular flexibility index (Phi) is 9.25. The van der Waals surface area contributed by atoms with Crippen molar-refractivity contribution in [3.8, 4) is 0 Å². The number of nitrogens with zero attached hydrogens (tertiary/aromatic N) is 2. The highest BCUT2D eigenvalue weighted by Crippen LogP contribution is 2.41. The third kappa shape index (κ3) is 6.52. The van der Waals surface area contributed by atoms with Crippen LogP contribution >= 0.6 is 11.6 Å². The standard InChI is InChI=1S/C32H42ClF2N3O2/c1-7-30(36-20(3)39)25-14-19(2)28(33)16-24(25)21-10-12-37(13-11-21)31(40)27-18-38(32(4,5)6)17-26(27)23-9-8-22(34)15-29(23)35/h8-9,14-16,21,26-27,30H,7,10-13,17-18H2,1-6H3,(H,36,39)/t26-,27?,30+/m0/s1. The molecule has 3 atom stereocenters. The molecule has 2 aliphatic rings. The van der Waals surface area contributed by atoms with Crippen molar-refractivity contribution in [2.24, 2.45) is 5.92 Å². The van der Waals surface area contributed by atoms with E-state index in [0.29, 0.717) is 36.8 Å². The van der Waals surface area contributed by atoms with Gasteiger partial charge in [-0.2, -0.15) is 0 Å². The molecule has 4 rings (SSSR count). The van der Waals surface area contributed by atoms with Crippen LogP contribution in [0.25, 0.3) is 0 Å². The fourth-order valence-corrected chi connectivity index (χ4v) is 6.56. The van der Waals surface area contributed by atoms with Crippen LogP contribution in [-0.2, 0) is 9.59 Å². The lowest BCUT2D eigenvalue weighted by atomic mass is 9.82. The molecule has 40 heavy (non-hydrogen) atoms. The minimum Gasteiger partial charge on any atom is -0.350 e. The first kappa shape index (κ1) is 30.4. The molecule has 1 unspecified atom stereocenters. The molecule has 0 saturated carbocycles. The second kappa shape index (κ2) is 12.2. The molecule has 2 aromatic carbocycles. The van der Waals surface area contributed by atoms with Gasteiger partial charge in [-0.15, -0.1) is 0 Å². The molecule has 8 heteroatoms. The van der Waals surface area contributed by atoms with Crippen LogP contribution in [0.5, 0.6) is 0 Å². The van der Waals surface area contributed by atoms with Crippen LogP contribution in [0.4, 0.5) is 8.78 Å². The lowest BCUT2D eigenvalue weighted by Gasteiger charge is -2.36. The number of piperidine rings is 1. The summed E-state index contributed by atoms with van der Waals surface area (Å²) in [5.74, 6) is -1.77. The van der Waals surface area contributed by atoms with Crippen molar-refractivity contribution >= 4 is 23.4 Å². The monoisotopic (exact) mass is 573 g/mol. The molecule has 2 fully saturated rings. The van der Waals surface area contributed by atoms with Crippen molar-refractivity contribution < 1.29 is 18.4 Å². The highest BCUT2D eigenvalue weighted by atomic mass is 35.5. The number of carbonyl (C=O) groups is 2. The fraction of sp³-hybridized carbons (Fsp3) is 0.562. The zero-order valence-corrected chi connectivity index (χ0v) is 25.2. The largest absolute Gasteiger partial charge is 0.350 e. The van der Waals surface area contributed by atoms with Crippen LogP contribution < -0.4 is 5.32 Å². The highest BCUT2D eigenvalue weighted by molar-refractivity contribution is 6.31. The van der Waals surface area contributed by atoms with Gasteiger partial charge in [-0.25, -0.2) is 8.78 Å². The van der Waals surface area contributed by atoms with E-state index in [1.165, 1.54) is 19.1 Å². The van der Waals surface area contributed by atoms with Crippen LogP contribution in [0.1, 0.15) is 94.0 Å². The minimum atomic E-state index is -0.615. The predicted octanol–water partition coefficient (Wildman–Crippen LogP) is 6.73. The Morgan fingerprint density at radius 1 is 1.07 bits per heavy atom. The first-order chi connectivity index (χ1) is 18.8. The van der Waals surface area contributed by atoms with Gasteiger partial charge in [0.2, 0.25) is 11.8 Å². The average Bonchev–Trinajstić information content (AvgIpc) is 3.34. The van der Waals surface area contributed by atoms with E-state index >= 15 is 0 Å². The second-order valence-electron chi connectivity index (χ2n) is 12.4. The molecular weight excluding hydrogens is 532 g/mol. The van der Waals surface area contributed by atoms with Gasteiger partial charge >= 0.3 is 0 Å². The summed E-state index contributed by atoms with van der Waals surface area (Å²) in [5, 5.41) is 3.78. The molecule has 0 spiro atoms. The van der Waals surface area contributed by atoms with E-state index in [9.17, 15) is 18.4 Å². The molecule has 0 aromatic heterocycles. The lowest BCUT2D eigenvalue weighted by molar-refractivity contribution is -0.136. The molecule has 2 saturated heterocycles. The Labute approximate surface area is 242 Å². The summed E-state index contributed by atoms with van der Waals surface area (Å²) in [6.45, 7) is 14.1. The van der Waals surface area contributed by atoms with E-state index in [0.717, 1.165) is 42.0 Å². The topological polar surface area (TPSA) is 52.7 Å². The maximum Gasteiger partial charge on any atom is 0.227 e. The molecule has 2 amide bonds. The van der Waals surface area contributed by atoms with Crippen molar-refractivity contribution in [3.63, 3.8) is 0 Å². The first-order valence-corrected chi connectivity index (χ1v) is 14.7. The van der Waals surface area contributed by atoms with Gasteiger partial charge in [-0.1, -0.05) is 30.7 Å². The van der Waals surface area contributed by atoms with E-state index in [-0.39, 0.29) is 35.2 Å². The maximum absolute atomic E-state index is 14.9. The maximum atomic E-state index is 14.9. The summed E-state index contributed by atoms with van der Waals surface area (Å²) < 4.78 is 28.6. The van der Waals surface area contributed by atoms with Crippen molar-refractivity contribution in [2.75, 3.05) is 26.2 Å². The molecule has 2 aromatic rings. The van der Waals surface area contributed by atoms with Gasteiger partial charge in [-0.3, -0.25) is 14.5 Å². The third-order valence-electron chi connectivity index (χ3n) is 8.72. The summed E-state index contributed by atoms with van der Waals surface area (Å²) >= 11 is 6.56. The van der Waals surface area contributed by atoms with Gasteiger partial charge in [0.15, 0.2) is 0 Å². The summed E-state index contributed by atoms with van der Waals surface area (Å²) in [6.07, 6.45) is 2.32. The Balaban J connectivity index is 1.55. The zero-order chi connectivity index (χ0) is 29.4. The molecule has 1 N–H and O–H groups in total. The molecule has 2 aliphatic heterocycles. The summed E-state index contributed by atoms with van der Waals surface area (Å²) in [7, 11) is 0. The van der Waals surface area contributed by atoms with Crippen molar-refractivity contribution in [1.82, 2.24) is 15.1 Å². The van der Waals surface area contributed by atoms with Crippen molar-refractivity contribution in [2.45, 2.75) is 84.2 Å². The van der Waals surface area contributed by atoms with Gasteiger partial charge < -0.3 is 10.2 Å². The third-order valence-corrected chi connectivity index (χ3v) is 9.13. The zero-order valence-electron chi connectivity index (χ0n) is 24.5. The quantitative estimate of drug-likeness (QED) is 0.417. The molecule has 0 bridgehead atoms. The lowest BCUT2D eigenvalue weighted by Crippen LogP contribution is -2.44. The molecule has 0 aliphatic carbocycles. The number of likely N-dealkylation sites (tertiary alicyclic amines) is 2. The number of nitrogens with one attached hydrogen (secondary N) is 1. The van der Waals surface area contributed by atoms with E-state index in [1.54, 1.807) is 0 Å². The molecule has 2 heterocycles. The van der Waals surface area contributed by atoms with E-state index in [2.05, 4.69) is 44.0 Å². The summed E-state index contributed by atoms with van der Waals surface area (Å²) in [4.78, 5) is 30.0. The Morgan fingerprint density at radius 3 is 2.33 bits per heavy atom. The summed E-state index contributed by atoms with van der Waals surface area (Å²) in [5.41, 5.74) is 3.42. The second-order valence-corrected chi connectivity index (χ2v) is 12.9. The van der Waals surface area contributed by atoms with E-state index in [4.69, 9.17) is 11.6 Å². The normalized spacial score (nSPS) is 21.5. The SMILES string of the molecule is CC[C@@H](NC(C)=O)c1cc(C)c(Cl)cc1C1CCN(C(=O)C2CN(C(C)(C)C)C[C@H]2c2ccc(F)cc2F)CC1.